The number of nitrogens with one attached hydrogen (secondary N) is 1. The lowest BCUT2D eigenvalue weighted by Gasteiger charge is -2.06. The van der Waals surface area contributed by atoms with Gasteiger partial charge in [0.15, 0.2) is 0 Å². The van der Waals surface area contributed by atoms with Gasteiger partial charge in [-0.25, -0.2) is 0 Å². The summed E-state index contributed by atoms with van der Waals surface area (Å²) in [7, 11) is 0. The molecule has 0 unspecified atom stereocenters. The van der Waals surface area contributed by atoms with Crippen molar-refractivity contribution in [2.75, 3.05) is 13.2 Å². The number of carbonyl (C=O) groups is 1. The fourth-order valence-electron chi connectivity index (χ4n) is 1.19. The fraction of sp³-hybridized carbons (Fsp3) is 0.308. The summed E-state index contributed by atoms with van der Waals surface area (Å²) in [6.07, 6.45) is 6.15. The molecule has 0 fully saturated rings. The molecule has 0 aliphatic rings. The van der Waals surface area contributed by atoms with Gasteiger partial charge in [0, 0.05) is 9.99 Å². The zero-order chi connectivity index (χ0) is 12.5. The van der Waals surface area contributed by atoms with Gasteiger partial charge < -0.3 is 10.1 Å². The minimum absolute atomic E-state index is 0.0332. The monoisotopic (exact) mass is 343 g/mol. The molecule has 0 saturated heterocycles. The highest BCUT2D eigenvalue weighted by atomic mass is 127. The number of halogens is 1. The Balaban J connectivity index is 2.14. The lowest BCUT2D eigenvalue weighted by molar-refractivity contribution is -0.121. The molecular weight excluding hydrogens is 329 g/mol. The summed E-state index contributed by atoms with van der Waals surface area (Å²) in [4.78, 5) is 11.2. The van der Waals surface area contributed by atoms with Crippen molar-refractivity contribution in [2.24, 2.45) is 0 Å². The van der Waals surface area contributed by atoms with Crippen molar-refractivity contribution in [3.63, 3.8) is 0 Å². The Morgan fingerprint density at radius 1 is 1.41 bits per heavy atom. The van der Waals surface area contributed by atoms with Crippen molar-refractivity contribution in [1.29, 1.82) is 0 Å². The van der Waals surface area contributed by atoms with E-state index < -0.39 is 0 Å². The normalized spacial score (nSPS) is 9.41. The number of benzene rings is 1. The van der Waals surface area contributed by atoms with Crippen molar-refractivity contribution < 1.29 is 9.53 Å². The molecule has 0 radical (unpaired) electrons. The van der Waals surface area contributed by atoms with Crippen LogP contribution in [0.1, 0.15) is 12.8 Å². The zero-order valence-corrected chi connectivity index (χ0v) is 11.6. The summed E-state index contributed by atoms with van der Waals surface area (Å²) in [5.74, 6) is 3.15. The maximum Gasteiger partial charge on any atom is 0.220 e. The van der Waals surface area contributed by atoms with E-state index in [0.29, 0.717) is 19.4 Å². The third kappa shape index (κ3) is 6.17. The standard InChI is InChI=1S/C13H14INO2/c1-2-9-15-13(16)4-3-10-17-12-7-5-11(14)6-8-12/h1,5-8H,3-4,9-10H2,(H,15,16). The van der Waals surface area contributed by atoms with Crippen LogP contribution in [0, 0.1) is 15.9 Å². The van der Waals surface area contributed by atoms with Crippen molar-refractivity contribution >= 4 is 28.5 Å². The Hall–Kier alpha value is -1.22. The van der Waals surface area contributed by atoms with Gasteiger partial charge in [0.2, 0.25) is 5.91 Å². The Kier molecular flexibility index (Phi) is 6.48. The summed E-state index contributed by atoms with van der Waals surface area (Å²) in [5.41, 5.74) is 0. The van der Waals surface area contributed by atoms with E-state index in [1.807, 2.05) is 24.3 Å². The minimum Gasteiger partial charge on any atom is -0.494 e. The number of rotatable bonds is 6. The Morgan fingerprint density at radius 3 is 2.76 bits per heavy atom. The molecule has 0 aliphatic carbocycles. The number of hydrogen-bond donors (Lipinski definition) is 1. The molecule has 0 saturated carbocycles. The summed E-state index contributed by atoms with van der Waals surface area (Å²) in [5, 5.41) is 2.61. The van der Waals surface area contributed by atoms with Gasteiger partial charge in [0.25, 0.3) is 0 Å². The van der Waals surface area contributed by atoms with E-state index >= 15 is 0 Å². The van der Waals surface area contributed by atoms with Crippen LogP contribution in [0.4, 0.5) is 0 Å². The first-order chi connectivity index (χ1) is 8.22. The van der Waals surface area contributed by atoms with Crippen molar-refractivity contribution in [3.05, 3.63) is 27.8 Å². The molecule has 17 heavy (non-hydrogen) atoms. The molecule has 0 bridgehead atoms. The largest absolute Gasteiger partial charge is 0.494 e. The van der Waals surface area contributed by atoms with E-state index in [1.54, 1.807) is 0 Å². The molecule has 1 aromatic rings. The van der Waals surface area contributed by atoms with Crippen LogP contribution in [0.5, 0.6) is 5.75 Å². The predicted molar refractivity (Wildman–Crippen MR) is 75.7 cm³/mol. The van der Waals surface area contributed by atoms with Gasteiger partial charge in [-0.1, -0.05) is 5.92 Å². The number of terminal acetylenes is 1. The van der Waals surface area contributed by atoms with Gasteiger partial charge in [-0.2, -0.15) is 0 Å². The molecule has 1 amide bonds. The number of amides is 1. The highest BCUT2D eigenvalue weighted by molar-refractivity contribution is 14.1. The van der Waals surface area contributed by atoms with Crippen LogP contribution >= 0.6 is 22.6 Å². The van der Waals surface area contributed by atoms with Crippen LogP contribution in [-0.2, 0) is 4.79 Å². The van der Waals surface area contributed by atoms with E-state index in [2.05, 4.69) is 33.8 Å². The summed E-state index contributed by atoms with van der Waals surface area (Å²) in [6, 6.07) is 7.80. The molecule has 1 rings (SSSR count). The SMILES string of the molecule is C#CCNC(=O)CCCOc1ccc(I)cc1. The molecule has 1 aromatic carbocycles. The van der Waals surface area contributed by atoms with Crippen molar-refractivity contribution in [1.82, 2.24) is 5.32 Å². The van der Waals surface area contributed by atoms with Crippen LogP contribution in [0.2, 0.25) is 0 Å². The molecule has 4 heteroatoms. The topological polar surface area (TPSA) is 38.3 Å². The van der Waals surface area contributed by atoms with Gasteiger partial charge >= 0.3 is 0 Å². The first-order valence-corrected chi connectivity index (χ1v) is 6.39. The third-order valence-corrected chi connectivity index (χ3v) is 2.74. The lowest BCUT2D eigenvalue weighted by atomic mass is 10.3. The second-order valence-electron chi connectivity index (χ2n) is 3.39. The molecule has 90 valence electrons. The van der Waals surface area contributed by atoms with Gasteiger partial charge in [0.05, 0.1) is 13.2 Å². The minimum atomic E-state index is -0.0332. The van der Waals surface area contributed by atoms with E-state index in [4.69, 9.17) is 11.2 Å². The van der Waals surface area contributed by atoms with E-state index in [-0.39, 0.29) is 12.5 Å². The molecule has 0 heterocycles. The molecule has 0 aromatic heterocycles. The van der Waals surface area contributed by atoms with E-state index in [1.165, 1.54) is 3.57 Å². The average Bonchev–Trinajstić information content (AvgIpc) is 2.34. The van der Waals surface area contributed by atoms with Crippen LogP contribution < -0.4 is 10.1 Å². The summed E-state index contributed by atoms with van der Waals surface area (Å²) in [6.45, 7) is 0.820. The number of carbonyl (C=O) groups excluding carboxylic acids is 1. The third-order valence-electron chi connectivity index (χ3n) is 2.02. The van der Waals surface area contributed by atoms with Crippen molar-refractivity contribution in [2.45, 2.75) is 12.8 Å². The molecule has 0 spiro atoms. The van der Waals surface area contributed by atoms with Crippen LogP contribution in [0.3, 0.4) is 0 Å². The highest BCUT2D eigenvalue weighted by Gasteiger charge is 1.99. The van der Waals surface area contributed by atoms with E-state index in [9.17, 15) is 4.79 Å². The predicted octanol–water partition coefficient (Wildman–Crippen LogP) is 2.20. The fourth-order valence-corrected chi connectivity index (χ4v) is 1.55. The first-order valence-electron chi connectivity index (χ1n) is 5.31. The van der Waals surface area contributed by atoms with Crippen LogP contribution in [0.25, 0.3) is 0 Å². The first kappa shape index (κ1) is 13.8. The van der Waals surface area contributed by atoms with Gasteiger partial charge in [0.1, 0.15) is 5.75 Å². The lowest BCUT2D eigenvalue weighted by Crippen LogP contribution is -2.23. The molecule has 0 aliphatic heterocycles. The van der Waals surface area contributed by atoms with Gasteiger partial charge in [-0.15, -0.1) is 6.42 Å². The molecule has 3 nitrogen and oxygen atoms in total. The Morgan fingerprint density at radius 2 is 2.12 bits per heavy atom. The van der Waals surface area contributed by atoms with Gasteiger partial charge in [-0.3, -0.25) is 4.79 Å². The number of ether oxygens (including phenoxy) is 1. The zero-order valence-electron chi connectivity index (χ0n) is 9.41. The van der Waals surface area contributed by atoms with E-state index in [0.717, 1.165) is 5.75 Å². The van der Waals surface area contributed by atoms with Crippen LogP contribution in [-0.4, -0.2) is 19.1 Å². The summed E-state index contributed by atoms with van der Waals surface area (Å²) < 4.78 is 6.66. The average molecular weight is 343 g/mol. The summed E-state index contributed by atoms with van der Waals surface area (Å²) >= 11 is 2.24. The smallest absolute Gasteiger partial charge is 0.220 e. The molecular formula is C13H14INO2. The maximum absolute atomic E-state index is 11.2. The second-order valence-corrected chi connectivity index (χ2v) is 4.63. The Labute approximate surface area is 115 Å². The molecule has 0 atom stereocenters. The quantitative estimate of drug-likeness (QED) is 0.489. The Bertz CT molecular complexity index is 395. The van der Waals surface area contributed by atoms with Gasteiger partial charge in [-0.05, 0) is 53.3 Å². The number of hydrogen-bond acceptors (Lipinski definition) is 2. The van der Waals surface area contributed by atoms with Crippen molar-refractivity contribution in [3.8, 4) is 18.1 Å². The molecule has 1 N–H and O–H groups in total. The van der Waals surface area contributed by atoms with Crippen LogP contribution in [0.15, 0.2) is 24.3 Å². The second kappa shape index (κ2) is 7.96. The highest BCUT2D eigenvalue weighted by Crippen LogP contribution is 2.13. The maximum atomic E-state index is 11.2.